The first-order valence-electron chi connectivity index (χ1n) is 10.8. The largest absolute Gasteiger partial charge is 0.489 e. The lowest BCUT2D eigenvalue weighted by Gasteiger charge is -2.23. The van der Waals surface area contributed by atoms with Crippen molar-refractivity contribution >= 4 is 12.1 Å². The zero-order valence-electron chi connectivity index (χ0n) is 19.5. The zero-order chi connectivity index (χ0) is 23.6. The number of ether oxygens (including phenoxy) is 3. The number of carbonyl (C=O) groups excluding carboxylic acids is 2. The molecule has 0 aliphatic carbocycles. The molecule has 0 radical (unpaired) electrons. The molecule has 6 heteroatoms. The Morgan fingerprint density at radius 3 is 2.25 bits per heavy atom. The van der Waals surface area contributed by atoms with E-state index in [0.29, 0.717) is 25.2 Å². The zero-order valence-corrected chi connectivity index (χ0v) is 19.5. The third-order valence-corrected chi connectivity index (χ3v) is 4.38. The maximum atomic E-state index is 12.3. The predicted octanol–water partition coefficient (Wildman–Crippen LogP) is 5.21. The molecule has 0 saturated carbocycles. The number of rotatable bonds is 9. The Morgan fingerprint density at radius 2 is 1.66 bits per heavy atom. The minimum Gasteiger partial charge on any atom is -0.489 e. The van der Waals surface area contributed by atoms with Crippen LogP contribution in [0.3, 0.4) is 0 Å². The highest BCUT2D eigenvalue weighted by molar-refractivity contribution is 5.88. The monoisotopic (exact) mass is 439 g/mol. The molecule has 2 aromatic carbocycles. The molecule has 0 aliphatic rings. The molecule has 0 bridgehead atoms. The summed E-state index contributed by atoms with van der Waals surface area (Å²) in [5.74, 6) is 0.348. The Bertz CT molecular complexity index is 898. The van der Waals surface area contributed by atoms with Gasteiger partial charge in [0.2, 0.25) is 0 Å². The first-order valence-corrected chi connectivity index (χ1v) is 10.8. The van der Waals surface area contributed by atoms with Crippen LogP contribution in [0.1, 0.15) is 45.7 Å². The van der Waals surface area contributed by atoms with E-state index >= 15 is 0 Å². The molecule has 0 heterocycles. The summed E-state index contributed by atoms with van der Waals surface area (Å²) in [5, 5.41) is 2.83. The number of alkyl carbamates (subject to hydrolysis) is 1. The van der Waals surface area contributed by atoms with Crippen molar-refractivity contribution in [1.29, 1.82) is 0 Å². The minimum atomic E-state index is -0.619. The highest BCUT2D eigenvalue weighted by Gasteiger charge is 2.20. The molecule has 0 spiro atoms. The van der Waals surface area contributed by atoms with Crippen molar-refractivity contribution in [2.75, 3.05) is 6.61 Å². The lowest BCUT2D eigenvalue weighted by Crippen LogP contribution is -2.39. The highest BCUT2D eigenvalue weighted by Crippen LogP contribution is 2.17. The van der Waals surface area contributed by atoms with Gasteiger partial charge >= 0.3 is 12.1 Å². The number of nitrogens with one attached hydrogen (secondary N) is 1. The van der Waals surface area contributed by atoms with Gasteiger partial charge in [-0.2, -0.15) is 0 Å². The van der Waals surface area contributed by atoms with E-state index in [1.807, 2.05) is 54.6 Å². The van der Waals surface area contributed by atoms with Crippen LogP contribution in [0.2, 0.25) is 0 Å². The fourth-order valence-electron chi connectivity index (χ4n) is 2.94. The van der Waals surface area contributed by atoms with Gasteiger partial charge in [0.15, 0.2) is 0 Å². The Balaban J connectivity index is 2.07. The van der Waals surface area contributed by atoms with Crippen LogP contribution in [0.15, 0.2) is 66.2 Å². The van der Waals surface area contributed by atoms with Crippen molar-refractivity contribution in [3.8, 4) is 5.75 Å². The van der Waals surface area contributed by atoms with Crippen LogP contribution in [-0.4, -0.2) is 30.3 Å². The maximum absolute atomic E-state index is 12.3. The molecule has 1 amide bonds. The van der Waals surface area contributed by atoms with Crippen LogP contribution in [0.5, 0.6) is 5.75 Å². The minimum absolute atomic E-state index is 0.290. The summed E-state index contributed by atoms with van der Waals surface area (Å²) >= 11 is 0. The van der Waals surface area contributed by atoms with Crippen LogP contribution in [0.4, 0.5) is 4.79 Å². The molecule has 0 fully saturated rings. The second-order valence-electron chi connectivity index (χ2n) is 8.45. The number of benzene rings is 2. The van der Waals surface area contributed by atoms with Crippen molar-refractivity contribution < 1.29 is 23.8 Å². The standard InChI is InChI=1S/C26H33NO5/c1-6-30-24(28)19(2)16-22(27-25(29)32-26(3,4)5)17-20-12-14-23(15-13-20)31-18-21-10-8-7-9-11-21/h7-16,22H,6,17-18H2,1-5H3,(H,27,29). The average Bonchev–Trinajstić information content (AvgIpc) is 2.72. The van der Waals surface area contributed by atoms with Gasteiger partial charge in [-0.3, -0.25) is 0 Å². The molecule has 0 aliphatic heterocycles. The second-order valence-corrected chi connectivity index (χ2v) is 8.45. The number of amides is 1. The van der Waals surface area contributed by atoms with Gasteiger partial charge in [0.1, 0.15) is 18.0 Å². The van der Waals surface area contributed by atoms with Crippen molar-refractivity contribution in [2.24, 2.45) is 0 Å². The van der Waals surface area contributed by atoms with Gasteiger partial charge in [-0.1, -0.05) is 48.5 Å². The number of carbonyl (C=O) groups is 2. The van der Waals surface area contributed by atoms with Crippen LogP contribution < -0.4 is 10.1 Å². The lowest BCUT2D eigenvalue weighted by atomic mass is 10.0. The number of hydrogen-bond donors (Lipinski definition) is 1. The fraction of sp³-hybridized carbons (Fsp3) is 0.385. The molecule has 1 unspecified atom stereocenters. The van der Waals surface area contributed by atoms with Gasteiger partial charge in [0.05, 0.1) is 12.6 Å². The number of esters is 1. The molecule has 2 aromatic rings. The van der Waals surface area contributed by atoms with E-state index < -0.39 is 23.7 Å². The second kappa shape index (κ2) is 11.9. The van der Waals surface area contributed by atoms with Crippen molar-refractivity contribution in [1.82, 2.24) is 5.32 Å². The van der Waals surface area contributed by atoms with E-state index in [4.69, 9.17) is 14.2 Å². The van der Waals surface area contributed by atoms with E-state index in [-0.39, 0.29) is 0 Å². The fourth-order valence-corrected chi connectivity index (χ4v) is 2.94. The van der Waals surface area contributed by atoms with E-state index in [1.54, 1.807) is 40.7 Å². The van der Waals surface area contributed by atoms with E-state index in [1.165, 1.54) is 0 Å². The van der Waals surface area contributed by atoms with Crippen LogP contribution >= 0.6 is 0 Å². The Hall–Kier alpha value is -3.28. The van der Waals surface area contributed by atoms with Crippen LogP contribution in [0, 0.1) is 0 Å². The molecule has 32 heavy (non-hydrogen) atoms. The molecule has 1 N–H and O–H groups in total. The highest BCUT2D eigenvalue weighted by atomic mass is 16.6. The topological polar surface area (TPSA) is 73.9 Å². The van der Waals surface area contributed by atoms with E-state index in [0.717, 1.165) is 16.9 Å². The smallest absolute Gasteiger partial charge is 0.408 e. The summed E-state index contributed by atoms with van der Waals surface area (Å²) in [6.45, 7) is 9.61. The van der Waals surface area contributed by atoms with Crippen molar-refractivity contribution in [3.05, 3.63) is 77.4 Å². The van der Waals surface area contributed by atoms with Crippen LogP contribution in [-0.2, 0) is 27.3 Å². The summed E-state index contributed by atoms with van der Waals surface area (Å²) in [6.07, 6.45) is 1.63. The normalized spacial score (nSPS) is 12.6. The summed E-state index contributed by atoms with van der Waals surface area (Å²) in [7, 11) is 0. The third kappa shape index (κ3) is 9.25. The molecule has 2 rings (SSSR count). The van der Waals surface area contributed by atoms with E-state index in [9.17, 15) is 9.59 Å². The lowest BCUT2D eigenvalue weighted by molar-refractivity contribution is -0.138. The molecule has 1 atom stereocenters. The Labute approximate surface area is 190 Å². The van der Waals surface area contributed by atoms with Gasteiger partial charge in [0.25, 0.3) is 0 Å². The molecule has 172 valence electrons. The van der Waals surface area contributed by atoms with Gasteiger partial charge in [0, 0.05) is 5.57 Å². The maximum Gasteiger partial charge on any atom is 0.408 e. The SMILES string of the molecule is CCOC(=O)C(C)=CC(Cc1ccc(OCc2ccccc2)cc1)NC(=O)OC(C)(C)C. The Kier molecular flexibility index (Phi) is 9.32. The number of hydrogen-bond acceptors (Lipinski definition) is 5. The summed E-state index contributed by atoms with van der Waals surface area (Å²) < 4.78 is 16.3. The van der Waals surface area contributed by atoms with Crippen molar-refractivity contribution in [3.63, 3.8) is 0 Å². The van der Waals surface area contributed by atoms with Gasteiger partial charge < -0.3 is 19.5 Å². The van der Waals surface area contributed by atoms with Crippen LogP contribution in [0.25, 0.3) is 0 Å². The molecular formula is C26H33NO5. The molecule has 0 saturated heterocycles. The van der Waals surface area contributed by atoms with E-state index in [2.05, 4.69) is 5.32 Å². The van der Waals surface area contributed by atoms with Gasteiger partial charge in [-0.25, -0.2) is 9.59 Å². The predicted molar refractivity (Wildman–Crippen MR) is 124 cm³/mol. The summed E-state index contributed by atoms with van der Waals surface area (Å²) in [4.78, 5) is 24.3. The average molecular weight is 440 g/mol. The summed E-state index contributed by atoms with van der Waals surface area (Å²) in [5.41, 5.74) is 1.88. The van der Waals surface area contributed by atoms with Gasteiger partial charge in [-0.15, -0.1) is 0 Å². The molecular weight excluding hydrogens is 406 g/mol. The van der Waals surface area contributed by atoms with Gasteiger partial charge in [-0.05, 0) is 64.3 Å². The molecule has 0 aromatic heterocycles. The Morgan fingerprint density at radius 1 is 1.00 bits per heavy atom. The van der Waals surface area contributed by atoms with Crippen molar-refractivity contribution in [2.45, 2.75) is 59.3 Å². The third-order valence-electron chi connectivity index (χ3n) is 4.38. The summed E-state index contributed by atoms with van der Waals surface area (Å²) in [6, 6.07) is 17.2. The quantitative estimate of drug-likeness (QED) is 0.429. The first-order chi connectivity index (χ1) is 15.2. The molecule has 6 nitrogen and oxygen atoms in total. The first kappa shape index (κ1) is 25.0.